The van der Waals surface area contributed by atoms with Crippen LogP contribution in [-0.2, 0) is 9.53 Å². The number of halogens is 1. The molecule has 4 nitrogen and oxygen atoms in total. The van der Waals surface area contributed by atoms with Gasteiger partial charge in [0, 0.05) is 16.4 Å². The van der Waals surface area contributed by atoms with Crippen molar-refractivity contribution in [3.63, 3.8) is 0 Å². The molecule has 23 heavy (non-hydrogen) atoms. The van der Waals surface area contributed by atoms with E-state index in [2.05, 4.69) is 21.2 Å². The summed E-state index contributed by atoms with van der Waals surface area (Å²) in [6.45, 7) is 2.11. The topological polar surface area (TPSA) is 47.6 Å². The molecule has 2 aromatic rings. The van der Waals surface area contributed by atoms with Gasteiger partial charge in [-0.1, -0.05) is 28.1 Å². The van der Waals surface area contributed by atoms with Gasteiger partial charge in [0.1, 0.15) is 5.75 Å². The molecule has 0 amide bonds. The molecule has 5 heteroatoms. The predicted octanol–water partition coefficient (Wildman–Crippen LogP) is 4.47. The zero-order valence-corrected chi connectivity index (χ0v) is 14.6. The molecule has 0 saturated heterocycles. The molecular weight excluding hydrogens is 358 g/mol. The molecule has 0 radical (unpaired) electrons. The summed E-state index contributed by atoms with van der Waals surface area (Å²) in [6, 6.07) is 14.9. The summed E-state index contributed by atoms with van der Waals surface area (Å²) in [5.41, 5.74) is 2.09. The van der Waals surface area contributed by atoms with Crippen LogP contribution < -0.4 is 10.1 Å². The van der Waals surface area contributed by atoms with Gasteiger partial charge in [-0.05, 0) is 48.9 Å². The third-order valence-corrected chi connectivity index (χ3v) is 3.65. The number of hydrogen-bond acceptors (Lipinski definition) is 4. The van der Waals surface area contributed by atoms with Crippen LogP contribution in [0.3, 0.4) is 0 Å². The minimum absolute atomic E-state index is 0.324. The Hall–Kier alpha value is -2.27. The minimum Gasteiger partial charge on any atom is -0.497 e. The van der Waals surface area contributed by atoms with E-state index >= 15 is 0 Å². The first-order valence-corrected chi connectivity index (χ1v) is 7.97. The number of nitrogens with one attached hydrogen (secondary N) is 1. The number of ether oxygens (including phenoxy) is 2. The van der Waals surface area contributed by atoms with Gasteiger partial charge in [0.2, 0.25) is 0 Å². The summed E-state index contributed by atoms with van der Waals surface area (Å²) in [5, 5.41) is 3.12. The number of esters is 1. The maximum absolute atomic E-state index is 12.2. The fourth-order valence-corrected chi connectivity index (χ4v) is 2.21. The fraction of sp³-hybridized carbons (Fsp3) is 0.167. The Kier molecular flexibility index (Phi) is 6.23. The lowest BCUT2D eigenvalue weighted by Crippen LogP contribution is -2.08. The Labute approximate surface area is 144 Å². The zero-order valence-electron chi connectivity index (χ0n) is 13.0. The van der Waals surface area contributed by atoms with Crippen LogP contribution in [0, 0.1) is 0 Å². The quantitative estimate of drug-likeness (QED) is 0.597. The molecule has 0 fully saturated rings. The van der Waals surface area contributed by atoms with Crippen LogP contribution in [0.25, 0.3) is 5.57 Å². The van der Waals surface area contributed by atoms with Crippen molar-refractivity contribution in [2.75, 3.05) is 19.0 Å². The predicted molar refractivity (Wildman–Crippen MR) is 95.4 cm³/mol. The zero-order chi connectivity index (χ0) is 16.7. The lowest BCUT2D eigenvalue weighted by atomic mass is 10.1. The minimum atomic E-state index is -0.373. The SMILES string of the molecule is CCOC(=O)/C(=C/Nc1ccc(Br)cc1)c1ccc(OC)cc1. The molecule has 0 unspecified atom stereocenters. The Bertz CT molecular complexity index is 678. The van der Waals surface area contributed by atoms with E-state index in [1.165, 1.54) is 0 Å². The number of carbonyl (C=O) groups excluding carboxylic acids is 1. The second-order valence-electron chi connectivity index (χ2n) is 4.66. The second kappa shape index (κ2) is 8.39. The van der Waals surface area contributed by atoms with Crippen molar-refractivity contribution in [3.05, 3.63) is 64.8 Å². The molecule has 120 valence electrons. The highest BCUT2D eigenvalue weighted by Gasteiger charge is 2.13. The molecule has 0 heterocycles. The Balaban J connectivity index is 2.26. The lowest BCUT2D eigenvalue weighted by Gasteiger charge is -2.09. The number of carbonyl (C=O) groups is 1. The molecule has 0 saturated carbocycles. The largest absolute Gasteiger partial charge is 0.497 e. The van der Waals surface area contributed by atoms with Gasteiger partial charge in [-0.2, -0.15) is 0 Å². The first kappa shape index (κ1) is 17.1. The van der Waals surface area contributed by atoms with E-state index in [0.29, 0.717) is 12.2 Å². The number of benzene rings is 2. The standard InChI is InChI=1S/C18H18BrNO3/c1-3-23-18(21)17(13-4-10-16(22-2)11-5-13)12-20-15-8-6-14(19)7-9-15/h4-12,20H,3H2,1-2H3/b17-12+. The van der Waals surface area contributed by atoms with Crippen LogP contribution >= 0.6 is 15.9 Å². The molecule has 2 aromatic carbocycles. The van der Waals surface area contributed by atoms with Crippen LogP contribution in [0.15, 0.2) is 59.2 Å². The number of anilines is 1. The summed E-state index contributed by atoms with van der Waals surface area (Å²) in [7, 11) is 1.60. The summed E-state index contributed by atoms with van der Waals surface area (Å²) < 4.78 is 11.3. The normalized spacial score (nSPS) is 11.0. The van der Waals surface area contributed by atoms with Crippen LogP contribution in [0.1, 0.15) is 12.5 Å². The van der Waals surface area contributed by atoms with Crippen molar-refractivity contribution in [1.82, 2.24) is 0 Å². The Morgan fingerprint density at radius 1 is 1.13 bits per heavy atom. The van der Waals surface area contributed by atoms with Gasteiger partial charge in [-0.25, -0.2) is 4.79 Å². The molecule has 0 bridgehead atoms. The van der Waals surface area contributed by atoms with Gasteiger partial charge in [0.15, 0.2) is 0 Å². The molecule has 0 aliphatic rings. The van der Waals surface area contributed by atoms with Gasteiger partial charge >= 0.3 is 5.97 Å². The third-order valence-electron chi connectivity index (χ3n) is 3.12. The van der Waals surface area contributed by atoms with Crippen molar-refractivity contribution in [3.8, 4) is 5.75 Å². The summed E-state index contributed by atoms with van der Waals surface area (Å²) in [4.78, 5) is 12.2. The van der Waals surface area contributed by atoms with E-state index in [9.17, 15) is 4.79 Å². The number of methoxy groups -OCH3 is 1. The van der Waals surface area contributed by atoms with E-state index in [1.807, 2.05) is 48.5 Å². The van der Waals surface area contributed by atoms with Crippen molar-refractivity contribution in [2.24, 2.45) is 0 Å². The van der Waals surface area contributed by atoms with Crippen LogP contribution in [-0.4, -0.2) is 19.7 Å². The van der Waals surface area contributed by atoms with Gasteiger partial charge in [-0.15, -0.1) is 0 Å². The molecule has 0 aromatic heterocycles. The molecule has 0 atom stereocenters. The molecule has 1 N–H and O–H groups in total. The first-order chi connectivity index (χ1) is 11.1. The van der Waals surface area contributed by atoms with Crippen molar-refractivity contribution >= 4 is 33.2 Å². The highest BCUT2D eigenvalue weighted by molar-refractivity contribution is 9.10. The molecule has 0 aliphatic carbocycles. The summed E-state index contributed by atoms with van der Waals surface area (Å²) in [6.07, 6.45) is 1.66. The average Bonchev–Trinajstić information content (AvgIpc) is 2.57. The lowest BCUT2D eigenvalue weighted by molar-refractivity contribution is -0.136. The smallest absolute Gasteiger partial charge is 0.340 e. The monoisotopic (exact) mass is 375 g/mol. The molecule has 0 aliphatic heterocycles. The summed E-state index contributed by atoms with van der Waals surface area (Å²) in [5.74, 6) is 0.361. The molecule has 2 rings (SSSR count). The Morgan fingerprint density at radius 2 is 1.78 bits per heavy atom. The van der Waals surface area contributed by atoms with E-state index in [1.54, 1.807) is 20.2 Å². The van der Waals surface area contributed by atoms with Crippen LogP contribution in [0.5, 0.6) is 5.75 Å². The van der Waals surface area contributed by atoms with Gasteiger partial charge in [-0.3, -0.25) is 0 Å². The summed E-state index contributed by atoms with van der Waals surface area (Å²) >= 11 is 3.39. The van der Waals surface area contributed by atoms with E-state index in [-0.39, 0.29) is 5.97 Å². The van der Waals surface area contributed by atoms with Crippen molar-refractivity contribution in [1.29, 1.82) is 0 Å². The highest BCUT2D eigenvalue weighted by atomic mass is 79.9. The van der Waals surface area contributed by atoms with E-state index < -0.39 is 0 Å². The van der Waals surface area contributed by atoms with Crippen molar-refractivity contribution in [2.45, 2.75) is 6.92 Å². The average molecular weight is 376 g/mol. The van der Waals surface area contributed by atoms with Gasteiger partial charge in [0.25, 0.3) is 0 Å². The highest BCUT2D eigenvalue weighted by Crippen LogP contribution is 2.21. The fourth-order valence-electron chi connectivity index (χ4n) is 1.94. The van der Waals surface area contributed by atoms with Crippen LogP contribution in [0.2, 0.25) is 0 Å². The van der Waals surface area contributed by atoms with Crippen LogP contribution in [0.4, 0.5) is 5.69 Å². The van der Waals surface area contributed by atoms with Crippen molar-refractivity contribution < 1.29 is 14.3 Å². The number of hydrogen-bond donors (Lipinski definition) is 1. The van der Waals surface area contributed by atoms with E-state index in [4.69, 9.17) is 9.47 Å². The maximum atomic E-state index is 12.2. The third kappa shape index (κ3) is 4.86. The van der Waals surface area contributed by atoms with E-state index in [0.717, 1.165) is 21.5 Å². The first-order valence-electron chi connectivity index (χ1n) is 7.18. The van der Waals surface area contributed by atoms with Gasteiger partial charge < -0.3 is 14.8 Å². The van der Waals surface area contributed by atoms with Gasteiger partial charge in [0.05, 0.1) is 19.3 Å². The number of rotatable bonds is 6. The second-order valence-corrected chi connectivity index (χ2v) is 5.57. The molecule has 0 spiro atoms. The maximum Gasteiger partial charge on any atom is 0.340 e. The Morgan fingerprint density at radius 3 is 2.35 bits per heavy atom. The molecular formula is C18H18BrNO3.